The summed E-state index contributed by atoms with van der Waals surface area (Å²) < 4.78 is 0. The van der Waals surface area contributed by atoms with E-state index in [1.165, 1.54) is 0 Å². The highest BCUT2D eigenvalue weighted by Gasteiger charge is 2.42. The predicted molar refractivity (Wildman–Crippen MR) is 104 cm³/mol. The van der Waals surface area contributed by atoms with Crippen LogP contribution < -0.4 is 0 Å². The molecule has 2 aliphatic heterocycles. The Labute approximate surface area is 161 Å². The van der Waals surface area contributed by atoms with Crippen LogP contribution in [0.1, 0.15) is 31.2 Å². The van der Waals surface area contributed by atoms with E-state index in [1.807, 2.05) is 30.0 Å². The minimum atomic E-state index is 0.0207. The Morgan fingerprint density at radius 2 is 2.00 bits per heavy atom. The maximum absolute atomic E-state index is 12.8. The number of aromatic hydroxyl groups is 1. The second kappa shape index (κ2) is 8.30. The van der Waals surface area contributed by atoms with Crippen molar-refractivity contribution in [3.63, 3.8) is 0 Å². The summed E-state index contributed by atoms with van der Waals surface area (Å²) >= 11 is 0. The molecule has 0 saturated carbocycles. The zero-order chi connectivity index (χ0) is 19.4. The highest BCUT2D eigenvalue weighted by Crippen LogP contribution is 2.39. The Morgan fingerprint density at radius 3 is 2.74 bits per heavy atom. The van der Waals surface area contributed by atoms with Crippen LogP contribution in [0.4, 0.5) is 0 Å². The third-order valence-electron chi connectivity index (χ3n) is 5.91. The fourth-order valence-corrected chi connectivity index (χ4v) is 4.32. The average Bonchev–Trinajstić information content (AvgIpc) is 2.64. The van der Waals surface area contributed by atoms with Crippen molar-refractivity contribution in [1.82, 2.24) is 14.7 Å². The van der Waals surface area contributed by atoms with E-state index in [0.717, 1.165) is 45.4 Å². The molecule has 0 aliphatic carbocycles. The Balaban J connectivity index is 1.64. The van der Waals surface area contributed by atoms with Gasteiger partial charge in [0, 0.05) is 50.1 Å². The van der Waals surface area contributed by atoms with E-state index in [0.29, 0.717) is 18.5 Å². The number of carbonyl (C=O) groups excluding carboxylic acids is 2. The number of phenols is 1. The summed E-state index contributed by atoms with van der Waals surface area (Å²) in [6, 6.07) is 7.03. The van der Waals surface area contributed by atoms with Crippen molar-refractivity contribution in [3.05, 3.63) is 29.8 Å². The molecule has 1 N–H and O–H groups in total. The molecule has 1 atom stereocenters. The number of phenolic OH excluding ortho intramolecular Hbond substituents is 1. The molecule has 0 unspecified atom stereocenters. The van der Waals surface area contributed by atoms with Crippen molar-refractivity contribution >= 4 is 11.8 Å². The van der Waals surface area contributed by atoms with Crippen LogP contribution in [0.5, 0.6) is 5.75 Å². The third-order valence-corrected chi connectivity index (χ3v) is 5.91. The van der Waals surface area contributed by atoms with E-state index < -0.39 is 0 Å². The Morgan fingerprint density at radius 1 is 1.22 bits per heavy atom. The fourth-order valence-electron chi connectivity index (χ4n) is 4.32. The molecule has 0 aromatic heterocycles. The molecule has 1 aromatic carbocycles. The van der Waals surface area contributed by atoms with Gasteiger partial charge in [0.25, 0.3) is 0 Å². The molecular formula is C21H31N3O3. The molecule has 2 saturated heterocycles. The van der Waals surface area contributed by atoms with Gasteiger partial charge in [0.15, 0.2) is 0 Å². The largest absolute Gasteiger partial charge is 0.508 e. The van der Waals surface area contributed by atoms with Gasteiger partial charge in [-0.3, -0.25) is 9.59 Å². The Kier molecular flexibility index (Phi) is 6.05. The molecule has 3 rings (SSSR count). The summed E-state index contributed by atoms with van der Waals surface area (Å²) in [6.45, 7) is 3.84. The molecule has 2 amide bonds. The van der Waals surface area contributed by atoms with E-state index in [-0.39, 0.29) is 29.4 Å². The summed E-state index contributed by atoms with van der Waals surface area (Å²) in [6.07, 6.45) is 3.72. The summed E-state index contributed by atoms with van der Waals surface area (Å²) in [4.78, 5) is 31.2. The Bertz CT molecular complexity index is 691. The van der Waals surface area contributed by atoms with Crippen molar-refractivity contribution in [1.29, 1.82) is 0 Å². The van der Waals surface area contributed by atoms with Crippen LogP contribution in [0.25, 0.3) is 0 Å². The molecule has 6 nitrogen and oxygen atoms in total. The first-order valence-electron chi connectivity index (χ1n) is 9.86. The number of likely N-dealkylation sites (tertiary alicyclic amines) is 2. The van der Waals surface area contributed by atoms with Crippen LogP contribution in [0.15, 0.2) is 24.3 Å². The molecular weight excluding hydrogens is 342 g/mol. The Hall–Kier alpha value is -2.08. The van der Waals surface area contributed by atoms with Gasteiger partial charge in [0.1, 0.15) is 5.75 Å². The van der Waals surface area contributed by atoms with E-state index in [4.69, 9.17) is 0 Å². The lowest BCUT2D eigenvalue weighted by atomic mass is 9.73. The predicted octanol–water partition coefficient (Wildman–Crippen LogP) is 1.73. The van der Waals surface area contributed by atoms with Crippen LogP contribution in [0, 0.1) is 5.41 Å². The van der Waals surface area contributed by atoms with Gasteiger partial charge in [-0.25, -0.2) is 0 Å². The molecule has 6 heteroatoms. The number of benzene rings is 1. The van der Waals surface area contributed by atoms with Gasteiger partial charge in [0.05, 0.1) is 6.42 Å². The third kappa shape index (κ3) is 4.80. The zero-order valence-electron chi connectivity index (χ0n) is 16.5. The van der Waals surface area contributed by atoms with Gasteiger partial charge >= 0.3 is 0 Å². The van der Waals surface area contributed by atoms with Gasteiger partial charge in [-0.2, -0.15) is 0 Å². The number of likely N-dealkylation sites (N-methyl/N-ethyl adjacent to an activating group) is 1. The van der Waals surface area contributed by atoms with Crippen molar-refractivity contribution in [3.8, 4) is 5.75 Å². The number of hydrogen-bond acceptors (Lipinski definition) is 4. The molecule has 2 heterocycles. The lowest BCUT2D eigenvalue weighted by molar-refractivity contribution is -0.142. The van der Waals surface area contributed by atoms with Crippen molar-refractivity contribution < 1.29 is 14.7 Å². The monoisotopic (exact) mass is 373 g/mol. The summed E-state index contributed by atoms with van der Waals surface area (Å²) in [5.74, 6) is 0.475. The molecule has 148 valence electrons. The SMILES string of the molecule is CN(C)CCN1C[C@]2(CCCN(C(=O)Cc3ccccc3O)C2)CCC1=O. The highest BCUT2D eigenvalue weighted by molar-refractivity contribution is 5.80. The van der Waals surface area contributed by atoms with Crippen molar-refractivity contribution in [2.24, 2.45) is 5.41 Å². The first-order chi connectivity index (χ1) is 12.9. The second-order valence-electron chi connectivity index (χ2n) is 8.34. The van der Waals surface area contributed by atoms with Crippen LogP contribution in [-0.4, -0.2) is 78.4 Å². The summed E-state index contributed by atoms with van der Waals surface area (Å²) in [5, 5.41) is 9.95. The van der Waals surface area contributed by atoms with Gasteiger partial charge in [-0.15, -0.1) is 0 Å². The minimum absolute atomic E-state index is 0.0207. The van der Waals surface area contributed by atoms with Gasteiger partial charge in [0.2, 0.25) is 11.8 Å². The highest BCUT2D eigenvalue weighted by atomic mass is 16.3. The van der Waals surface area contributed by atoms with Crippen LogP contribution in [-0.2, 0) is 16.0 Å². The number of piperidine rings is 2. The number of amides is 2. The van der Waals surface area contributed by atoms with Crippen LogP contribution >= 0.6 is 0 Å². The fraction of sp³-hybridized carbons (Fsp3) is 0.619. The molecule has 1 aromatic rings. The maximum Gasteiger partial charge on any atom is 0.227 e. The molecule has 0 bridgehead atoms. The molecule has 1 spiro atoms. The van der Waals surface area contributed by atoms with E-state index in [9.17, 15) is 14.7 Å². The van der Waals surface area contributed by atoms with Crippen LogP contribution in [0.2, 0.25) is 0 Å². The van der Waals surface area contributed by atoms with E-state index in [2.05, 4.69) is 4.90 Å². The number of carbonyl (C=O) groups is 2. The van der Waals surface area contributed by atoms with Gasteiger partial charge in [-0.05, 0) is 39.4 Å². The zero-order valence-corrected chi connectivity index (χ0v) is 16.5. The van der Waals surface area contributed by atoms with E-state index in [1.54, 1.807) is 18.2 Å². The molecule has 0 radical (unpaired) electrons. The quantitative estimate of drug-likeness (QED) is 0.854. The number of para-hydroxylation sites is 1. The standard InChI is InChI=1S/C21H31N3O3/c1-22(2)12-13-24-16-21(10-8-19(24)26)9-5-11-23(15-21)20(27)14-17-6-3-4-7-18(17)25/h3-4,6-7,25H,5,8-16H2,1-2H3/t21-/m1/s1. The van der Waals surface area contributed by atoms with Crippen molar-refractivity contribution in [2.45, 2.75) is 32.1 Å². The second-order valence-corrected chi connectivity index (χ2v) is 8.34. The number of rotatable bonds is 5. The van der Waals surface area contributed by atoms with Crippen molar-refractivity contribution in [2.75, 3.05) is 46.8 Å². The normalized spacial score (nSPS) is 23.3. The first-order valence-corrected chi connectivity index (χ1v) is 9.86. The van der Waals surface area contributed by atoms with E-state index >= 15 is 0 Å². The lowest BCUT2D eigenvalue weighted by Crippen LogP contribution is -2.56. The van der Waals surface area contributed by atoms with Crippen LogP contribution in [0.3, 0.4) is 0 Å². The first kappa shape index (κ1) is 19.7. The lowest BCUT2D eigenvalue weighted by Gasteiger charge is -2.48. The van der Waals surface area contributed by atoms with Gasteiger partial charge in [-0.1, -0.05) is 18.2 Å². The maximum atomic E-state index is 12.8. The molecule has 2 fully saturated rings. The minimum Gasteiger partial charge on any atom is -0.508 e. The smallest absolute Gasteiger partial charge is 0.227 e. The topological polar surface area (TPSA) is 64.1 Å². The number of nitrogens with zero attached hydrogens (tertiary/aromatic N) is 3. The number of hydrogen-bond donors (Lipinski definition) is 1. The molecule has 2 aliphatic rings. The summed E-state index contributed by atoms with van der Waals surface area (Å²) in [5.41, 5.74) is 0.695. The molecule has 27 heavy (non-hydrogen) atoms. The average molecular weight is 373 g/mol. The summed E-state index contributed by atoms with van der Waals surface area (Å²) in [7, 11) is 4.04. The van der Waals surface area contributed by atoms with Gasteiger partial charge < -0.3 is 19.8 Å².